The van der Waals surface area contributed by atoms with Gasteiger partial charge in [0.2, 0.25) is 11.9 Å². The van der Waals surface area contributed by atoms with Gasteiger partial charge in [0.25, 0.3) is 0 Å². The number of fused-ring (bicyclic) bond motifs is 1. The zero-order valence-electron chi connectivity index (χ0n) is 19.5. The van der Waals surface area contributed by atoms with Crippen molar-refractivity contribution in [1.29, 1.82) is 0 Å². The number of carbonyl (C=O) groups is 1. The number of aryl methyl sites for hydroxylation is 1. The summed E-state index contributed by atoms with van der Waals surface area (Å²) in [6.45, 7) is 11.1. The molecule has 1 saturated carbocycles. The summed E-state index contributed by atoms with van der Waals surface area (Å²) in [7, 11) is 0. The highest BCUT2D eigenvalue weighted by molar-refractivity contribution is 5.94. The molecule has 1 aromatic heterocycles. The Morgan fingerprint density at radius 2 is 2.03 bits per heavy atom. The van der Waals surface area contributed by atoms with Crippen LogP contribution in [0.1, 0.15) is 50.9 Å². The summed E-state index contributed by atoms with van der Waals surface area (Å²) in [5, 5.41) is 7.17. The van der Waals surface area contributed by atoms with Gasteiger partial charge in [-0.3, -0.25) is 4.79 Å². The molecule has 5 rings (SSSR count). The predicted octanol–water partition coefficient (Wildman–Crippen LogP) is 3.52. The van der Waals surface area contributed by atoms with Gasteiger partial charge in [-0.1, -0.05) is 6.92 Å². The first-order valence-electron chi connectivity index (χ1n) is 11.9. The maximum absolute atomic E-state index is 12.9. The fourth-order valence-electron chi connectivity index (χ4n) is 5.57. The summed E-state index contributed by atoms with van der Waals surface area (Å²) < 4.78 is 0. The summed E-state index contributed by atoms with van der Waals surface area (Å²) >= 11 is 0. The molecule has 7 heteroatoms. The van der Waals surface area contributed by atoms with Gasteiger partial charge >= 0.3 is 0 Å². The average Bonchev–Trinajstić information content (AvgIpc) is 3.60. The van der Waals surface area contributed by atoms with Crippen molar-refractivity contribution >= 4 is 23.2 Å². The standard InChI is InChI=1S/C25H34N6O/c1-15-9-10-27-25(28-15)29-23-17(3)24(19-5-6-19)31(18(4)32)22-8-7-20(13-21(22)23)30-12-11-26-16(2)14-30/h7-10,13,16-17,19,23-24,26H,5-6,11-12,14H2,1-4H3,(H,27,28,29)/t16-,17?,23?,24?/m0/s1. The van der Waals surface area contributed by atoms with Gasteiger partial charge in [0.05, 0.1) is 6.04 Å². The Labute approximate surface area is 190 Å². The first-order chi connectivity index (χ1) is 15.4. The Kier molecular flexibility index (Phi) is 5.53. The lowest BCUT2D eigenvalue weighted by Gasteiger charge is -2.46. The number of nitrogens with one attached hydrogen (secondary N) is 2. The molecule has 4 atom stereocenters. The third-order valence-electron chi connectivity index (χ3n) is 7.23. The minimum Gasteiger partial charge on any atom is -0.369 e. The van der Waals surface area contributed by atoms with Gasteiger partial charge in [-0.25, -0.2) is 9.97 Å². The van der Waals surface area contributed by atoms with E-state index in [1.54, 1.807) is 13.1 Å². The van der Waals surface area contributed by atoms with Gasteiger partial charge in [0.1, 0.15) is 0 Å². The van der Waals surface area contributed by atoms with E-state index < -0.39 is 0 Å². The van der Waals surface area contributed by atoms with E-state index in [0.717, 1.165) is 31.0 Å². The van der Waals surface area contributed by atoms with Gasteiger partial charge in [-0.15, -0.1) is 0 Å². The molecule has 2 fully saturated rings. The second-order valence-corrected chi connectivity index (χ2v) is 9.76. The molecule has 1 saturated heterocycles. The Balaban J connectivity index is 1.58. The van der Waals surface area contributed by atoms with Crippen LogP contribution in [0.25, 0.3) is 0 Å². The molecule has 7 nitrogen and oxygen atoms in total. The van der Waals surface area contributed by atoms with Crippen LogP contribution in [0.3, 0.4) is 0 Å². The van der Waals surface area contributed by atoms with Crippen molar-refractivity contribution in [3.05, 3.63) is 41.7 Å². The van der Waals surface area contributed by atoms with Crippen molar-refractivity contribution in [3.8, 4) is 0 Å². The van der Waals surface area contributed by atoms with Gasteiger partial charge in [-0.2, -0.15) is 0 Å². The quantitative estimate of drug-likeness (QED) is 0.767. The van der Waals surface area contributed by atoms with Crippen molar-refractivity contribution in [3.63, 3.8) is 0 Å². The molecule has 2 aromatic rings. The van der Waals surface area contributed by atoms with E-state index in [9.17, 15) is 4.79 Å². The predicted molar refractivity (Wildman–Crippen MR) is 128 cm³/mol. The Morgan fingerprint density at radius 3 is 2.72 bits per heavy atom. The van der Waals surface area contributed by atoms with Gasteiger partial charge < -0.3 is 20.4 Å². The number of amides is 1. The SMILES string of the molecule is CC(=O)N1c2ccc(N3CCN[C@@H](C)C3)cc2C(Nc2nccc(C)n2)C(C)C1C1CC1. The van der Waals surface area contributed by atoms with Crippen molar-refractivity contribution in [2.24, 2.45) is 11.8 Å². The van der Waals surface area contributed by atoms with Crippen LogP contribution in [-0.2, 0) is 4.79 Å². The molecule has 0 spiro atoms. The zero-order chi connectivity index (χ0) is 22.4. The van der Waals surface area contributed by atoms with E-state index >= 15 is 0 Å². The lowest BCUT2D eigenvalue weighted by molar-refractivity contribution is -0.117. The van der Waals surface area contributed by atoms with E-state index in [1.165, 1.54) is 24.1 Å². The van der Waals surface area contributed by atoms with E-state index in [0.29, 0.717) is 17.9 Å². The number of benzene rings is 1. The van der Waals surface area contributed by atoms with E-state index in [1.807, 2.05) is 13.0 Å². The van der Waals surface area contributed by atoms with Crippen molar-refractivity contribution in [2.45, 2.75) is 58.7 Å². The second kappa shape index (κ2) is 8.35. The number of nitrogens with zero attached hydrogens (tertiary/aromatic N) is 4. The highest BCUT2D eigenvalue weighted by Crippen LogP contribution is 2.50. The number of aromatic nitrogens is 2. The summed E-state index contributed by atoms with van der Waals surface area (Å²) in [6.07, 6.45) is 4.19. The van der Waals surface area contributed by atoms with Crippen LogP contribution in [0.15, 0.2) is 30.5 Å². The maximum atomic E-state index is 12.9. The smallest absolute Gasteiger partial charge is 0.224 e. The maximum Gasteiger partial charge on any atom is 0.224 e. The topological polar surface area (TPSA) is 73.4 Å². The van der Waals surface area contributed by atoms with Gasteiger partial charge in [0.15, 0.2) is 0 Å². The molecule has 0 bridgehead atoms. The molecule has 3 heterocycles. The van der Waals surface area contributed by atoms with Crippen LogP contribution in [0, 0.1) is 18.8 Å². The monoisotopic (exact) mass is 434 g/mol. The normalized spacial score (nSPS) is 27.8. The highest BCUT2D eigenvalue weighted by Gasteiger charge is 2.47. The molecule has 170 valence electrons. The molecule has 2 aliphatic heterocycles. The lowest BCUT2D eigenvalue weighted by Crippen LogP contribution is -2.51. The molecule has 1 aliphatic carbocycles. The first kappa shape index (κ1) is 21.2. The third kappa shape index (κ3) is 3.94. The fourth-order valence-corrected chi connectivity index (χ4v) is 5.57. The number of anilines is 3. The van der Waals surface area contributed by atoms with Crippen LogP contribution in [0.4, 0.5) is 17.3 Å². The van der Waals surface area contributed by atoms with E-state index in [2.05, 4.69) is 62.4 Å². The van der Waals surface area contributed by atoms with Crippen LogP contribution in [0.2, 0.25) is 0 Å². The number of rotatable bonds is 4. The molecule has 2 N–H and O–H groups in total. The number of carbonyl (C=O) groups excluding carboxylic acids is 1. The van der Waals surface area contributed by atoms with Crippen molar-refractivity contribution in [1.82, 2.24) is 15.3 Å². The van der Waals surface area contributed by atoms with Crippen molar-refractivity contribution < 1.29 is 4.79 Å². The van der Waals surface area contributed by atoms with Crippen LogP contribution in [0.5, 0.6) is 0 Å². The van der Waals surface area contributed by atoms with Crippen LogP contribution < -0.4 is 20.4 Å². The summed E-state index contributed by atoms with van der Waals surface area (Å²) in [5.74, 6) is 1.60. The number of piperazine rings is 1. The third-order valence-corrected chi connectivity index (χ3v) is 7.23. The molecule has 32 heavy (non-hydrogen) atoms. The summed E-state index contributed by atoms with van der Waals surface area (Å²) in [4.78, 5) is 26.5. The highest BCUT2D eigenvalue weighted by atomic mass is 16.2. The molecule has 1 aromatic carbocycles. The fraction of sp³-hybridized carbons (Fsp3) is 0.560. The van der Waals surface area contributed by atoms with Crippen LogP contribution >= 0.6 is 0 Å². The zero-order valence-corrected chi connectivity index (χ0v) is 19.5. The molecule has 3 aliphatic rings. The van der Waals surface area contributed by atoms with E-state index in [-0.39, 0.29) is 23.9 Å². The molecular weight excluding hydrogens is 400 g/mol. The van der Waals surface area contributed by atoms with Crippen LogP contribution in [-0.4, -0.2) is 47.6 Å². The number of hydrogen-bond donors (Lipinski definition) is 2. The summed E-state index contributed by atoms with van der Waals surface area (Å²) in [5.41, 5.74) is 4.36. The van der Waals surface area contributed by atoms with Gasteiger partial charge in [0, 0.05) is 73.4 Å². The molecule has 3 unspecified atom stereocenters. The minimum atomic E-state index is 0.0493. The summed E-state index contributed by atoms with van der Waals surface area (Å²) in [6, 6.07) is 9.26. The van der Waals surface area contributed by atoms with Crippen molar-refractivity contribution in [2.75, 3.05) is 34.8 Å². The Morgan fingerprint density at radius 1 is 1.22 bits per heavy atom. The largest absolute Gasteiger partial charge is 0.369 e. The Hall–Kier alpha value is -2.67. The van der Waals surface area contributed by atoms with Gasteiger partial charge in [-0.05, 0) is 56.9 Å². The number of hydrogen-bond acceptors (Lipinski definition) is 6. The second-order valence-electron chi connectivity index (χ2n) is 9.76. The lowest BCUT2D eigenvalue weighted by atomic mass is 9.79. The molecule has 1 amide bonds. The first-order valence-corrected chi connectivity index (χ1v) is 11.9. The minimum absolute atomic E-state index is 0.0493. The Bertz CT molecular complexity index is 1010. The van der Waals surface area contributed by atoms with E-state index in [4.69, 9.17) is 0 Å². The molecular formula is C25H34N6O. The average molecular weight is 435 g/mol. The molecule has 0 radical (unpaired) electrons.